The first-order valence-electron chi connectivity index (χ1n) is 9.68. The van der Waals surface area contributed by atoms with Crippen molar-refractivity contribution in [1.82, 2.24) is 16.0 Å². The molecule has 2 aromatic carbocycles. The van der Waals surface area contributed by atoms with Gasteiger partial charge in [-0.05, 0) is 43.7 Å². The van der Waals surface area contributed by atoms with E-state index in [0.717, 1.165) is 5.56 Å². The average Bonchev–Trinajstić information content (AvgIpc) is 2.74. The third-order valence-corrected chi connectivity index (χ3v) is 4.19. The van der Waals surface area contributed by atoms with Gasteiger partial charge in [-0.15, -0.1) is 0 Å². The Balaban J connectivity index is 1.81. The topological polar surface area (TPSA) is 84.0 Å². The summed E-state index contributed by atoms with van der Waals surface area (Å²) in [5.41, 5.74) is 1.71. The van der Waals surface area contributed by atoms with Gasteiger partial charge in [-0.1, -0.05) is 24.3 Å². The molecule has 3 N–H and O–H groups in total. The molecule has 7 heteroatoms. The zero-order valence-electron chi connectivity index (χ0n) is 17.5. The molecule has 1 unspecified atom stereocenters. The van der Waals surface area contributed by atoms with Gasteiger partial charge in [0, 0.05) is 25.7 Å². The summed E-state index contributed by atoms with van der Waals surface area (Å²) < 4.78 is 11.3. The predicted octanol–water partition coefficient (Wildman–Crippen LogP) is 2.58. The van der Waals surface area contributed by atoms with Gasteiger partial charge in [0.15, 0.2) is 17.5 Å². The molecule has 29 heavy (non-hydrogen) atoms. The van der Waals surface area contributed by atoms with Crippen LogP contribution in [0.2, 0.25) is 0 Å². The van der Waals surface area contributed by atoms with Gasteiger partial charge in [-0.25, -0.2) is 0 Å². The minimum absolute atomic E-state index is 0.0616. The van der Waals surface area contributed by atoms with E-state index < -0.39 is 0 Å². The first-order chi connectivity index (χ1) is 14.1. The number of hydrogen-bond acceptors (Lipinski definition) is 4. The summed E-state index contributed by atoms with van der Waals surface area (Å²) in [6, 6.07) is 15.1. The van der Waals surface area contributed by atoms with E-state index in [1.807, 2.05) is 62.4 Å². The molecular weight excluding hydrogens is 368 g/mol. The summed E-state index contributed by atoms with van der Waals surface area (Å²) in [5, 5.41) is 9.30. The van der Waals surface area contributed by atoms with Gasteiger partial charge in [0.25, 0.3) is 5.91 Å². The highest BCUT2D eigenvalue weighted by Crippen LogP contribution is 2.26. The molecule has 0 aliphatic carbocycles. The number of aliphatic imine (C=N–C) groups is 1. The number of nitrogens with zero attached hydrogens (tertiary/aromatic N) is 1. The Morgan fingerprint density at radius 3 is 2.34 bits per heavy atom. The predicted molar refractivity (Wildman–Crippen MR) is 116 cm³/mol. The number of ether oxygens (including phenoxy) is 2. The molecule has 0 aliphatic heterocycles. The van der Waals surface area contributed by atoms with Gasteiger partial charge in [0.1, 0.15) is 6.10 Å². The number of amides is 1. The number of carbonyl (C=O) groups excluding carboxylic acids is 1. The van der Waals surface area contributed by atoms with Crippen LogP contribution in [0, 0.1) is 0 Å². The first-order valence-corrected chi connectivity index (χ1v) is 9.68. The van der Waals surface area contributed by atoms with Gasteiger partial charge in [-0.2, -0.15) is 0 Å². The maximum atomic E-state index is 11.8. The Hall–Kier alpha value is -3.22. The summed E-state index contributed by atoms with van der Waals surface area (Å²) in [5.74, 6) is 2.03. The summed E-state index contributed by atoms with van der Waals surface area (Å²) in [7, 11) is 3.35. The Bertz CT molecular complexity index is 806. The Labute approximate surface area is 172 Å². The van der Waals surface area contributed by atoms with Gasteiger partial charge in [-0.3, -0.25) is 9.79 Å². The summed E-state index contributed by atoms with van der Waals surface area (Å²) in [6.07, 6.45) is -0.0822. The van der Waals surface area contributed by atoms with Gasteiger partial charge in [0.2, 0.25) is 0 Å². The molecule has 2 rings (SSSR count). The average molecular weight is 399 g/mol. The van der Waals surface area contributed by atoms with Crippen molar-refractivity contribution in [3.8, 4) is 11.5 Å². The molecule has 156 valence electrons. The van der Waals surface area contributed by atoms with Gasteiger partial charge < -0.3 is 25.4 Å². The van der Waals surface area contributed by atoms with Crippen LogP contribution in [-0.4, -0.2) is 45.2 Å². The van der Waals surface area contributed by atoms with E-state index in [9.17, 15) is 4.79 Å². The standard InChI is InChI=1S/C22H30N4O3/c1-5-24-21(27)18-12-10-17(11-13-18)15-26-22(23-3)25-14-16(2)29-20-9-7-6-8-19(20)28-4/h6-13,16H,5,14-15H2,1-4H3,(H,24,27)(H2,23,25,26). The zero-order chi connectivity index (χ0) is 21.1. The molecule has 0 bridgehead atoms. The number of guanidine groups is 1. The smallest absolute Gasteiger partial charge is 0.251 e. The van der Waals surface area contributed by atoms with Crippen molar-refractivity contribution < 1.29 is 14.3 Å². The third kappa shape index (κ3) is 7.03. The molecule has 7 nitrogen and oxygen atoms in total. The normalized spacial score (nSPS) is 12.1. The molecule has 1 atom stereocenters. The molecule has 0 heterocycles. The number of rotatable bonds is 9. The molecule has 0 aliphatic rings. The minimum atomic E-state index is -0.0822. The molecule has 1 amide bonds. The number of benzene rings is 2. The van der Waals surface area contributed by atoms with Crippen LogP contribution in [0.4, 0.5) is 0 Å². The van der Waals surface area contributed by atoms with E-state index in [0.29, 0.717) is 42.7 Å². The van der Waals surface area contributed by atoms with Crippen molar-refractivity contribution in [2.45, 2.75) is 26.5 Å². The van der Waals surface area contributed by atoms with Crippen LogP contribution in [0.5, 0.6) is 11.5 Å². The maximum absolute atomic E-state index is 11.8. The molecular formula is C22H30N4O3. The third-order valence-electron chi connectivity index (χ3n) is 4.19. The Morgan fingerprint density at radius 2 is 1.72 bits per heavy atom. The summed E-state index contributed by atoms with van der Waals surface area (Å²) in [6.45, 7) is 5.66. The van der Waals surface area contributed by atoms with E-state index in [1.54, 1.807) is 14.2 Å². The van der Waals surface area contributed by atoms with Gasteiger partial charge >= 0.3 is 0 Å². The SMILES string of the molecule is CCNC(=O)c1ccc(CNC(=NC)NCC(C)Oc2ccccc2OC)cc1. The van der Waals surface area contributed by atoms with Crippen molar-refractivity contribution in [2.24, 2.45) is 4.99 Å². The fourth-order valence-corrected chi connectivity index (χ4v) is 2.66. The van der Waals surface area contributed by atoms with Gasteiger partial charge in [0.05, 0.1) is 13.7 Å². The van der Waals surface area contributed by atoms with Crippen molar-refractivity contribution >= 4 is 11.9 Å². The second-order valence-electron chi connectivity index (χ2n) is 6.44. The number of nitrogens with one attached hydrogen (secondary N) is 3. The molecule has 2 aromatic rings. The van der Waals surface area contributed by atoms with Crippen LogP contribution < -0.4 is 25.4 Å². The zero-order valence-corrected chi connectivity index (χ0v) is 17.5. The van der Waals surface area contributed by atoms with E-state index in [1.165, 1.54) is 0 Å². The van der Waals surface area contributed by atoms with E-state index >= 15 is 0 Å². The highest BCUT2D eigenvalue weighted by Gasteiger charge is 2.09. The highest BCUT2D eigenvalue weighted by atomic mass is 16.5. The van der Waals surface area contributed by atoms with Crippen LogP contribution in [0.1, 0.15) is 29.8 Å². The summed E-state index contributed by atoms with van der Waals surface area (Å²) >= 11 is 0. The monoisotopic (exact) mass is 398 g/mol. The van der Waals surface area contributed by atoms with Crippen LogP contribution >= 0.6 is 0 Å². The molecule has 0 fully saturated rings. The largest absolute Gasteiger partial charge is 0.493 e. The fourth-order valence-electron chi connectivity index (χ4n) is 2.66. The summed E-state index contributed by atoms with van der Waals surface area (Å²) in [4.78, 5) is 16.0. The van der Waals surface area contributed by atoms with Crippen molar-refractivity contribution in [3.05, 3.63) is 59.7 Å². The number of para-hydroxylation sites is 2. The van der Waals surface area contributed by atoms with Crippen LogP contribution in [0.15, 0.2) is 53.5 Å². The number of hydrogen-bond donors (Lipinski definition) is 3. The number of carbonyl (C=O) groups is 1. The van der Waals surface area contributed by atoms with E-state index in [2.05, 4.69) is 20.9 Å². The van der Waals surface area contributed by atoms with E-state index in [-0.39, 0.29) is 12.0 Å². The maximum Gasteiger partial charge on any atom is 0.251 e. The fraction of sp³-hybridized carbons (Fsp3) is 0.364. The Kier molecular flexibility index (Phi) is 8.82. The van der Waals surface area contributed by atoms with Crippen LogP contribution in [0.25, 0.3) is 0 Å². The quantitative estimate of drug-likeness (QED) is 0.447. The first kappa shape index (κ1) is 22.1. The molecule has 0 spiro atoms. The van der Waals surface area contributed by atoms with Crippen LogP contribution in [0.3, 0.4) is 0 Å². The molecule has 0 aromatic heterocycles. The second-order valence-corrected chi connectivity index (χ2v) is 6.44. The lowest BCUT2D eigenvalue weighted by Crippen LogP contribution is -2.41. The lowest BCUT2D eigenvalue weighted by atomic mass is 10.1. The minimum Gasteiger partial charge on any atom is -0.493 e. The Morgan fingerprint density at radius 1 is 1.03 bits per heavy atom. The second kappa shape index (κ2) is 11.6. The van der Waals surface area contributed by atoms with Crippen LogP contribution in [-0.2, 0) is 6.54 Å². The lowest BCUT2D eigenvalue weighted by molar-refractivity contribution is 0.0956. The lowest BCUT2D eigenvalue weighted by Gasteiger charge is -2.19. The van der Waals surface area contributed by atoms with Crippen molar-refractivity contribution in [2.75, 3.05) is 27.2 Å². The number of methoxy groups -OCH3 is 1. The molecule has 0 radical (unpaired) electrons. The van der Waals surface area contributed by atoms with Crippen molar-refractivity contribution in [1.29, 1.82) is 0 Å². The molecule has 0 saturated carbocycles. The van der Waals surface area contributed by atoms with Crippen molar-refractivity contribution in [3.63, 3.8) is 0 Å². The van der Waals surface area contributed by atoms with E-state index in [4.69, 9.17) is 9.47 Å². The molecule has 0 saturated heterocycles. The highest BCUT2D eigenvalue weighted by molar-refractivity contribution is 5.94.